The quantitative estimate of drug-likeness (QED) is 0.368. The predicted octanol–water partition coefficient (Wildman–Crippen LogP) is 1.19. The first-order valence-electron chi connectivity index (χ1n) is 9.52. The minimum Gasteiger partial charge on any atom is -0.497 e. The van der Waals surface area contributed by atoms with Crippen molar-refractivity contribution in [3.8, 4) is 11.5 Å². The zero-order valence-electron chi connectivity index (χ0n) is 17.4. The average Bonchev–Trinajstić information content (AvgIpc) is 2.71. The van der Waals surface area contributed by atoms with Gasteiger partial charge in [-0.1, -0.05) is 6.07 Å². The van der Waals surface area contributed by atoms with Crippen LogP contribution in [0.4, 0.5) is 0 Å². The molecule has 1 aromatic carbocycles. The van der Waals surface area contributed by atoms with Crippen molar-refractivity contribution in [2.45, 2.75) is 6.54 Å². The molecule has 1 aromatic rings. The first kappa shape index (κ1) is 24.6. The summed E-state index contributed by atoms with van der Waals surface area (Å²) < 4.78 is 32.1. The predicted molar refractivity (Wildman–Crippen MR) is 106 cm³/mol. The molecule has 0 bridgehead atoms. The molecule has 0 heterocycles. The number of aliphatic hydroxyl groups is 1. The molecule has 0 saturated heterocycles. The maximum Gasteiger partial charge on any atom is 0.127 e. The Bertz CT molecular complexity index is 501. The lowest BCUT2D eigenvalue weighted by Crippen LogP contribution is -2.23. The summed E-state index contributed by atoms with van der Waals surface area (Å²) in [7, 11) is 5.35. The van der Waals surface area contributed by atoms with Gasteiger partial charge in [0.2, 0.25) is 0 Å². The lowest BCUT2D eigenvalue weighted by atomic mass is 10.2. The molecule has 28 heavy (non-hydrogen) atoms. The molecule has 162 valence electrons. The van der Waals surface area contributed by atoms with Crippen LogP contribution in [0.3, 0.4) is 0 Å². The van der Waals surface area contributed by atoms with Crippen LogP contribution in [0.2, 0.25) is 0 Å². The van der Waals surface area contributed by atoms with Gasteiger partial charge in [-0.15, -0.1) is 0 Å². The minimum atomic E-state index is 0.0363. The summed E-state index contributed by atoms with van der Waals surface area (Å²) >= 11 is 0. The SMILES string of the molecule is COc1ccc(CN(C)CCOCCOCCOCCOCCO)c(OC)c1. The van der Waals surface area contributed by atoms with Crippen molar-refractivity contribution in [1.29, 1.82) is 0 Å². The fourth-order valence-electron chi connectivity index (χ4n) is 2.40. The molecule has 0 aliphatic carbocycles. The monoisotopic (exact) mass is 401 g/mol. The molecule has 0 aliphatic heterocycles. The summed E-state index contributed by atoms with van der Waals surface area (Å²) in [5, 5.41) is 8.55. The van der Waals surface area contributed by atoms with Gasteiger partial charge in [0, 0.05) is 24.7 Å². The van der Waals surface area contributed by atoms with Crippen LogP contribution in [0.25, 0.3) is 0 Å². The van der Waals surface area contributed by atoms with E-state index in [1.165, 1.54) is 0 Å². The number of rotatable bonds is 18. The molecule has 0 unspecified atom stereocenters. The minimum absolute atomic E-state index is 0.0363. The number of aliphatic hydroxyl groups excluding tert-OH is 1. The third kappa shape index (κ3) is 11.4. The van der Waals surface area contributed by atoms with E-state index >= 15 is 0 Å². The largest absolute Gasteiger partial charge is 0.497 e. The molecule has 0 amide bonds. The number of ether oxygens (including phenoxy) is 6. The van der Waals surface area contributed by atoms with Gasteiger partial charge < -0.3 is 33.5 Å². The smallest absolute Gasteiger partial charge is 0.127 e. The summed E-state index contributed by atoms with van der Waals surface area (Å²) in [5.41, 5.74) is 1.11. The van der Waals surface area contributed by atoms with Crippen molar-refractivity contribution in [3.05, 3.63) is 23.8 Å². The van der Waals surface area contributed by atoms with Crippen LogP contribution < -0.4 is 9.47 Å². The molecule has 8 heteroatoms. The highest BCUT2D eigenvalue weighted by atomic mass is 16.6. The lowest BCUT2D eigenvalue weighted by molar-refractivity contribution is -0.00687. The van der Waals surface area contributed by atoms with Crippen molar-refractivity contribution in [2.24, 2.45) is 0 Å². The van der Waals surface area contributed by atoms with Crippen molar-refractivity contribution in [3.63, 3.8) is 0 Å². The molecule has 1 N–H and O–H groups in total. The fraction of sp³-hybridized carbons (Fsp3) is 0.700. The number of likely N-dealkylation sites (N-methyl/N-ethyl adjacent to an activating group) is 1. The number of hydrogen-bond donors (Lipinski definition) is 1. The second kappa shape index (κ2) is 16.5. The van der Waals surface area contributed by atoms with Gasteiger partial charge in [-0.2, -0.15) is 0 Å². The van der Waals surface area contributed by atoms with E-state index in [0.29, 0.717) is 52.9 Å². The Morgan fingerprint density at radius 3 is 1.89 bits per heavy atom. The summed E-state index contributed by atoms with van der Waals surface area (Å²) in [6.45, 7) is 5.74. The van der Waals surface area contributed by atoms with Gasteiger partial charge in [-0.05, 0) is 13.1 Å². The van der Waals surface area contributed by atoms with E-state index in [1.54, 1.807) is 14.2 Å². The highest BCUT2D eigenvalue weighted by Crippen LogP contribution is 2.25. The topological polar surface area (TPSA) is 78.9 Å². The lowest BCUT2D eigenvalue weighted by Gasteiger charge is -2.19. The summed E-state index contributed by atoms with van der Waals surface area (Å²) in [6, 6.07) is 5.85. The van der Waals surface area contributed by atoms with Gasteiger partial charge in [0.05, 0.1) is 73.7 Å². The van der Waals surface area contributed by atoms with Gasteiger partial charge in [0.25, 0.3) is 0 Å². The molecule has 0 fully saturated rings. The van der Waals surface area contributed by atoms with Gasteiger partial charge in [-0.25, -0.2) is 0 Å². The van der Waals surface area contributed by atoms with E-state index in [4.69, 9.17) is 33.5 Å². The Kier molecular flexibility index (Phi) is 14.5. The van der Waals surface area contributed by atoms with Crippen LogP contribution in [-0.4, -0.2) is 97.3 Å². The molecule has 0 spiro atoms. The maximum atomic E-state index is 8.55. The van der Waals surface area contributed by atoms with Crippen molar-refractivity contribution < 1.29 is 33.5 Å². The summed E-state index contributed by atoms with van der Waals surface area (Å²) in [4.78, 5) is 2.18. The normalized spacial score (nSPS) is 11.2. The van der Waals surface area contributed by atoms with E-state index in [0.717, 1.165) is 30.2 Å². The number of benzene rings is 1. The van der Waals surface area contributed by atoms with Crippen LogP contribution in [0.5, 0.6) is 11.5 Å². The highest BCUT2D eigenvalue weighted by molar-refractivity contribution is 5.40. The number of methoxy groups -OCH3 is 2. The second-order valence-corrected chi connectivity index (χ2v) is 6.09. The van der Waals surface area contributed by atoms with Gasteiger partial charge >= 0.3 is 0 Å². The number of nitrogens with zero attached hydrogens (tertiary/aromatic N) is 1. The third-order valence-corrected chi connectivity index (χ3v) is 3.90. The van der Waals surface area contributed by atoms with Crippen LogP contribution in [-0.2, 0) is 25.5 Å². The van der Waals surface area contributed by atoms with E-state index < -0.39 is 0 Å². The van der Waals surface area contributed by atoms with Crippen LogP contribution in [0, 0.1) is 0 Å². The standard InChI is InChI=1S/C20H35NO7/c1-21(17-18-4-5-19(23-2)16-20(18)24-3)6-8-25-10-12-27-14-15-28-13-11-26-9-7-22/h4-5,16,22H,6-15,17H2,1-3H3. The molecular weight excluding hydrogens is 366 g/mol. The van der Waals surface area contributed by atoms with E-state index in [2.05, 4.69) is 4.90 Å². The van der Waals surface area contributed by atoms with Crippen molar-refractivity contribution in [1.82, 2.24) is 4.90 Å². The molecule has 0 aromatic heterocycles. The first-order chi connectivity index (χ1) is 13.7. The maximum absolute atomic E-state index is 8.55. The highest BCUT2D eigenvalue weighted by Gasteiger charge is 2.08. The van der Waals surface area contributed by atoms with E-state index in [-0.39, 0.29) is 6.61 Å². The average molecular weight is 402 g/mol. The van der Waals surface area contributed by atoms with E-state index in [1.807, 2.05) is 25.2 Å². The molecule has 0 saturated carbocycles. The zero-order valence-corrected chi connectivity index (χ0v) is 17.4. The fourth-order valence-corrected chi connectivity index (χ4v) is 2.40. The van der Waals surface area contributed by atoms with Crippen molar-refractivity contribution in [2.75, 3.05) is 87.3 Å². The third-order valence-electron chi connectivity index (χ3n) is 3.90. The van der Waals surface area contributed by atoms with Gasteiger partial charge in [-0.3, -0.25) is 4.90 Å². The second-order valence-electron chi connectivity index (χ2n) is 6.09. The van der Waals surface area contributed by atoms with Gasteiger partial charge in [0.15, 0.2) is 0 Å². The van der Waals surface area contributed by atoms with Crippen LogP contribution in [0.15, 0.2) is 18.2 Å². The molecule has 0 atom stereocenters. The van der Waals surface area contributed by atoms with Crippen molar-refractivity contribution >= 4 is 0 Å². The Morgan fingerprint density at radius 1 is 0.786 bits per heavy atom. The Balaban J connectivity index is 2.00. The van der Waals surface area contributed by atoms with E-state index in [9.17, 15) is 0 Å². The zero-order chi connectivity index (χ0) is 20.5. The molecule has 8 nitrogen and oxygen atoms in total. The van der Waals surface area contributed by atoms with Crippen LogP contribution >= 0.6 is 0 Å². The Morgan fingerprint density at radius 2 is 1.36 bits per heavy atom. The first-order valence-corrected chi connectivity index (χ1v) is 9.52. The molecule has 0 aliphatic rings. The molecule has 1 rings (SSSR count). The Hall–Kier alpha value is -1.42. The van der Waals surface area contributed by atoms with Crippen LogP contribution in [0.1, 0.15) is 5.56 Å². The van der Waals surface area contributed by atoms with Gasteiger partial charge in [0.1, 0.15) is 11.5 Å². The molecular formula is C20H35NO7. The Labute approximate surface area is 168 Å². The summed E-state index contributed by atoms with van der Waals surface area (Å²) in [5.74, 6) is 1.61. The number of hydrogen-bond acceptors (Lipinski definition) is 8. The summed E-state index contributed by atoms with van der Waals surface area (Å²) in [6.07, 6.45) is 0. The molecule has 0 radical (unpaired) electrons.